The number of amides is 1. The summed E-state index contributed by atoms with van der Waals surface area (Å²) < 4.78 is 7.13. The van der Waals surface area contributed by atoms with E-state index >= 15 is 0 Å². The second-order valence-corrected chi connectivity index (χ2v) is 4.81. The molecule has 1 aromatic carbocycles. The third kappa shape index (κ3) is 3.03. The molecule has 1 aliphatic rings. The number of anilines is 1. The average molecular weight is 287 g/mol. The standard InChI is InChI=1S/C14H17N5O2/c1-2-21-12-5-3-4-10(6-12)16-14(20)13-9-19(18-17-13)11-7-15-8-11/h3-6,9,11,15H,2,7-8H2,1H3,(H,16,20). The van der Waals surface area contributed by atoms with Crippen molar-refractivity contribution in [3.8, 4) is 5.75 Å². The van der Waals surface area contributed by atoms with Crippen molar-refractivity contribution in [1.29, 1.82) is 0 Å². The van der Waals surface area contributed by atoms with E-state index in [0.717, 1.165) is 18.8 Å². The molecule has 0 aliphatic carbocycles. The number of hydrogen-bond acceptors (Lipinski definition) is 5. The Balaban J connectivity index is 1.67. The molecule has 2 heterocycles. The molecule has 7 heteroatoms. The molecule has 1 saturated heterocycles. The molecule has 0 bridgehead atoms. The van der Waals surface area contributed by atoms with E-state index < -0.39 is 0 Å². The molecule has 7 nitrogen and oxygen atoms in total. The minimum absolute atomic E-state index is 0.276. The minimum atomic E-state index is -0.276. The molecule has 0 saturated carbocycles. The summed E-state index contributed by atoms with van der Waals surface area (Å²) in [5.74, 6) is 0.446. The van der Waals surface area contributed by atoms with E-state index in [9.17, 15) is 4.79 Å². The minimum Gasteiger partial charge on any atom is -0.494 e. The zero-order valence-electron chi connectivity index (χ0n) is 11.7. The highest BCUT2D eigenvalue weighted by Gasteiger charge is 2.21. The van der Waals surface area contributed by atoms with Crippen molar-refractivity contribution in [2.45, 2.75) is 13.0 Å². The summed E-state index contributed by atoms with van der Waals surface area (Å²) in [6.07, 6.45) is 1.67. The molecule has 1 fully saturated rings. The fourth-order valence-corrected chi connectivity index (χ4v) is 2.05. The highest BCUT2D eigenvalue weighted by atomic mass is 16.5. The third-order valence-corrected chi connectivity index (χ3v) is 3.28. The normalized spacial score (nSPS) is 14.5. The molecule has 21 heavy (non-hydrogen) atoms. The smallest absolute Gasteiger partial charge is 0.277 e. The molecule has 0 atom stereocenters. The van der Waals surface area contributed by atoms with Crippen molar-refractivity contribution in [3.05, 3.63) is 36.2 Å². The Morgan fingerprint density at radius 3 is 3.10 bits per heavy atom. The first kappa shape index (κ1) is 13.6. The summed E-state index contributed by atoms with van der Waals surface area (Å²) in [5.41, 5.74) is 0.981. The van der Waals surface area contributed by atoms with Crippen LogP contribution in [-0.2, 0) is 0 Å². The van der Waals surface area contributed by atoms with E-state index in [4.69, 9.17) is 4.74 Å². The van der Waals surface area contributed by atoms with Gasteiger partial charge in [0.25, 0.3) is 5.91 Å². The summed E-state index contributed by atoms with van der Waals surface area (Å²) >= 11 is 0. The zero-order valence-corrected chi connectivity index (χ0v) is 11.7. The van der Waals surface area contributed by atoms with Crippen LogP contribution in [0, 0.1) is 0 Å². The predicted molar refractivity (Wildman–Crippen MR) is 77.5 cm³/mol. The molecular formula is C14H17N5O2. The van der Waals surface area contributed by atoms with Crippen LogP contribution >= 0.6 is 0 Å². The second-order valence-electron chi connectivity index (χ2n) is 4.81. The average Bonchev–Trinajstić information content (AvgIpc) is 2.87. The Morgan fingerprint density at radius 2 is 2.38 bits per heavy atom. The van der Waals surface area contributed by atoms with Gasteiger partial charge in [0.15, 0.2) is 5.69 Å². The maximum absolute atomic E-state index is 12.1. The SMILES string of the molecule is CCOc1cccc(NC(=O)c2cn(C3CNC3)nn2)c1. The lowest BCUT2D eigenvalue weighted by atomic mass is 10.2. The van der Waals surface area contributed by atoms with Crippen molar-refractivity contribution in [2.75, 3.05) is 25.0 Å². The van der Waals surface area contributed by atoms with Gasteiger partial charge in [-0.15, -0.1) is 5.10 Å². The quantitative estimate of drug-likeness (QED) is 0.860. The summed E-state index contributed by atoms with van der Waals surface area (Å²) in [6, 6.07) is 7.55. The van der Waals surface area contributed by atoms with Crippen LogP contribution in [0.2, 0.25) is 0 Å². The number of hydrogen-bond donors (Lipinski definition) is 2. The van der Waals surface area contributed by atoms with Gasteiger partial charge in [0.1, 0.15) is 5.75 Å². The van der Waals surface area contributed by atoms with Gasteiger partial charge in [0.2, 0.25) is 0 Å². The molecule has 1 aliphatic heterocycles. The van der Waals surface area contributed by atoms with Gasteiger partial charge in [0, 0.05) is 24.8 Å². The third-order valence-electron chi connectivity index (χ3n) is 3.28. The van der Waals surface area contributed by atoms with Gasteiger partial charge in [-0.2, -0.15) is 0 Å². The maximum Gasteiger partial charge on any atom is 0.277 e. The van der Waals surface area contributed by atoms with Crippen LogP contribution in [0.15, 0.2) is 30.5 Å². The summed E-state index contributed by atoms with van der Waals surface area (Å²) in [6.45, 7) is 4.22. The lowest BCUT2D eigenvalue weighted by Gasteiger charge is -2.26. The van der Waals surface area contributed by atoms with Crippen LogP contribution in [0.25, 0.3) is 0 Å². The van der Waals surface area contributed by atoms with Crippen LogP contribution in [0.1, 0.15) is 23.5 Å². The molecular weight excluding hydrogens is 270 g/mol. The summed E-state index contributed by atoms with van der Waals surface area (Å²) in [4.78, 5) is 12.1. The molecule has 110 valence electrons. The molecule has 0 radical (unpaired) electrons. The summed E-state index contributed by atoms with van der Waals surface area (Å²) in [5, 5.41) is 13.9. The van der Waals surface area contributed by atoms with Crippen molar-refractivity contribution in [2.24, 2.45) is 0 Å². The number of aromatic nitrogens is 3. The number of carbonyl (C=O) groups is 1. The molecule has 0 unspecified atom stereocenters. The first-order valence-corrected chi connectivity index (χ1v) is 6.93. The zero-order chi connectivity index (χ0) is 14.7. The van der Waals surface area contributed by atoms with E-state index in [1.54, 1.807) is 23.0 Å². The van der Waals surface area contributed by atoms with E-state index in [0.29, 0.717) is 24.0 Å². The topological polar surface area (TPSA) is 81.1 Å². The predicted octanol–water partition coefficient (Wildman–Crippen LogP) is 1.07. The van der Waals surface area contributed by atoms with Crippen molar-refractivity contribution >= 4 is 11.6 Å². The molecule has 2 N–H and O–H groups in total. The highest BCUT2D eigenvalue weighted by Crippen LogP contribution is 2.18. The van der Waals surface area contributed by atoms with Crippen molar-refractivity contribution in [1.82, 2.24) is 20.3 Å². The van der Waals surface area contributed by atoms with E-state index in [1.807, 2.05) is 19.1 Å². The number of ether oxygens (including phenoxy) is 1. The lowest BCUT2D eigenvalue weighted by Crippen LogP contribution is -2.43. The van der Waals surface area contributed by atoms with Crippen molar-refractivity contribution in [3.63, 3.8) is 0 Å². The first-order chi connectivity index (χ1) is 10.3. The Bertz CT molecular complexity index is 636. The Morgan fingerprint density at radius 1 is 1.52 bits per heavy atom. The number of carbonyl (C=O) groups excluding carboxylic acids is 1. The van der Waals surface area contributed by atoms with E-state index in [1.165, 1.54) is 0 Å². The van der Waals surface area contributed by atoms with Crippen LogP contribution in [-0.4, -0.2) is 40.6 Å². The number of benzene rings is 1. The fraction of sp³-hybridized carbons (Fsp3) is 0.357. The monoisotopic (exact) mass is 287 g/mol. The fourth-order valence-electron chi connectivity index (χ4n) is 2.05. The highest BCUT2D eigenvalue weighted by molar-refractivity contribution is 6.02. The van der Waals surface area contributed by atoms with Gasteiger partial charge in [-0.05, 0) is 19.1 Å². The van der Waals surface area contributed by atoms with Gasteiger partial charge < -0.3 is 15.4 Å². The lowest BCUT2D eigenvalue weighted by molar-refractivity contribution is 0.102. The Kier molecular flexibility index (Phi) is 3.83. The molecule has 0 spiro atoms. The Hall–Kier alpha value is -2.41. The maximum atomic E-state index is 12.1. The Labute approximate surface area is 122 Å². The largest absolute Gasteiger partial charge is 0.494 e. The van der Waals surface area contributed by atoms with Gasteiger partial charge in [0.05, 0.1) is 18.8 Å². The van der Waals surface area contributed by atoms with Gasteiger partial charge >= 0.3 is 0 Å². The molecule has 2 aromatic rings. The number of nitrogens with zero attached hydrogens (tertiary/aromatic N) is 3. The van der Waals surface area contributed by atoms with E-state index in [-0.39, 0.29) is 5.91 Å². The number of nitrogens with one attached hydrogen (secondary N) is 2. The van der Waals surface area contributed by atoms with Gasteiger partial charge in [-0.3, -0.25) is 4.79 Å². The molecule has 3 rings (SSSR count). The number of rotatable bonds is 5. The summed E-state index contributed by atoms with van der Waals surface area (Å²) in [7, 11) is 0. The van der Waals surface area contributed by atoms with Crippen LogP contribution in [0.4, 0.5) is 5.69 Å². The van der Waals surface area contributed by atoms with Crippen molar-refractivity contribution < 1.29 is 9.53 Å². The first-order valence-electron chi connectivity index (χ1n) is 6.93. The van der Waals surface area contributed by atoms with Gasteiger partial charge in [-0.1, -0.05) is 11.3 Å². The molecule has 1 aromatic heterocycles. The second kappa shape index (κ2) is 5.92. The van der Waals surface area contributed by atoms with E-state index in [2.05, 4.69) is 20.9 Å². The van der Waals surface area contributed by atoms with Gasteiger partial charge in [-0.25, -0.2) is 4.68 Å². The van der Waals surface area contributed by atoms with Crippen LogP contribution in [0.5, 0.6) is 5.75 Å². The molecule has 1 amide bonds. The van der Waals surface area contributed by atoms with Crippen LogP contribution < -0.4 is 15.4 Å². The van der Waals surface area contributed by atoms with Crippen LogP contribution in [0.3, 0.4) is 0 Å².